The first-order chi connectivity index (χ1) is 11.6. The first-order valence-corrected chi connectivity index (χ1v) is 8.69. The molecular weight excluding hydrogens is 368 g/mol. The Morgan fingerprint density at radius 2 is 1.83 bits per heavy atom. The number of anilines is 1. The molecule has 0 spiro atoms. The van der Waals surface area contributed by atoms with E-state index in [-0.39, 0.29) is 11.9 Å². The van der Waals surface area contributed by atoms with Gasteiger partial charge in [-0.15, -0.1) is 0 Å². The number of halogens is 1. The number of hydrogen-bond acceptors (Lipinski definition) is 3. The minimum absolute atomic E-state index is 0.0388. The van der Waals surface area contributed by atoms with Crippen molar-refractivity contribution in [1.82, 2.24) is 5.32 Å². The van der Waals surface area contributed by atoms with Gasteiger partial charge in [0.15, 0.2) is 4.67 Å². The lowest BCUT2D eigenvalue weighted by atomic mass is 10.1. The summed E-state index contributed by atoms with van der Waals surface area (Å²) >= 11 is 3.41. The largest absolute Gasteiger partial charge is 0.447 e. The van der Waals surface area contributed by atoms with Gasteiger partial charge in [-0.1, -0.05) is 42.5 Å². The van der Waals surface area contributed by atoms with E-state index in [4.69, 9.17) is 4.42 Å². The molecule has 0 saturated heterocycles. The number of rotatable bonds is 6. The van der Waals surface area contributed by atoms with E-state index >= 15 is 0 Å². The normalized spacial score (nSPS) is 12.1. The van der Waals surface area contributed by atoms with Crippen molar-refractivity contribution in [3.05, 3.63) is 64.8 Å². The minimum Gasteiger partial charge on any atom is -0.447 e. The standard InChI is InChI=1S/C19H19BrN2O2/c1-13(19(23)21-12-11-14-7-3-2-4-8-14)22-17-15-9-5-6-10-16(15)24-18(17)20/h2-10,13,22H,11-12H2,1H3,(H,21,23)/t13-/m0/s1. The molecule has 0 saturated carbocycles. The lowest BCUT2D eigenvalue weighted by Gasteiger charge is -2.14. The number of benzene rings is 2. The number of para-hydroxylation sites is 1. The van der Waals surface area contributed by atoms with Gasteiger partial charge in [0, 0.05) is 11.9 Å². The first kappa shape index (κ1) is 16.6. The van der Waals surface area contributed by atoms with Crippen LogP contribution in [0.1, 0.15) is 12.5 Å². The molecule has 0 fully saturated rings. The summed E-state index contributed by atoms with van der Waals surface area (Å²) in [5.74, 6) is -0.0388. The Balaban J connectivity index is 1.58. The second-order valence-electron chi connectivity index (χ2n) is 5.64. The Kier molecular flexibility index (Phi) is 5.20. The van der Waals surface area contributed by atoms with Crippen LogP contribution in [0.2, 0.25) is 0 Å². The van der Waals surface area contributed by atoms with Crippen LogP contribution in [0.5, 0.6) is 0 Å². The molecule has 3 aromatic rings. The summed E-state index contributed by atoms with van der Waals surface area (Å²) in [5.41, 5.74) is 2.79. The number of fused-ring (bicyclic) bond motifs is 1. The van der Waals surface area contributed by atoms with E-state index in [2.05, 4.69) is 38.7 Å². The molecule has 0 bridgehead atoms. The van der Waals surface area contributed by atoms with E-state index in [9.17, 15) is 4.79 Å². The molecule has 0 unspecified atom stereocenters. The second-order valence-corrected chi connectivity index (χ2v) is 6.36. The fraction of sp³-hybridized carbons (Fsp3) is 0.211. The highest BCUT2D eigenvalue weighted by Crippen LogP contribution is 2.34. The van der Waals surface area contributed by atoms with Gasteiger partial charge in [0.2, 0.25) is 5.91 Å². The van der Waals surface area contributed by atoms with Gasteiger partial charge in [-0.2, -0.15) is 0 Å². The van der Waals surface area contributed by atoms with E-state index in [0.717, 1.165) is 23.1 Å². The van der Waals surface area contributed by atoms with Crippen LogP contribution in [0.15, 0.2) is 63.7 Å². The molecule has 0 aliphatic heterocycles. The summed E-state index contributed by atoms with van der Waals surface area (Å²) in [7, 11) is 0. The van der Waals surface area contributed by atoms with E-state index in [0.29, 0.717) is 11.2 Å². The molecular formula is C19H19BrN2O2. The molecule has 124 valence electrons. The molecule has 0 aliphatic carbocycles. The van der Waals surface area contributed by atoms with Crippen LogP contribution < -0.4 is 10.6 Å². The maximum atomic E-state index is 12.3. The Hall–Kier alpha value is -2.27. The molecule has 1 atom stereocenters. The van der Waals surface area contributed by atoms with E-state index < -0.39 is 0 Å². The van der Waals surface area contributed by atoms with Crippen LogP contribution in [0.25, 0.3) is 11.0 Å². The van der Waals surface area contributed by atoms with Crippen LogP contribution in [0.4, 0.5) is 5.69 Å². The molecule has 1 aromatic heterocycles. The van der Waals surface area contributed by atoms with Crippen molar-refractivity contribution in [1.29, 1.82) is 0 Å². The lowest BCUT2D eigenvalue weighted by Crippen LogP contribution is -2.38. The SMILES string of the molecule is C[C@H](Nc1c(Br)oc2ccccc12)C(=O)NCCc1ccccc1. The lowest BCUT2D eigenvalue weighted by molar-refractivity contribution is -0.121. The second kappa shape index (κ2) is 7.53. The van der Waals surface area contributed by atoms with Crippen molar-refractivity contribution in [2.24, 2.45) is 0 Å². The van der Waals surface area contributed by atoms with Crippen LogP contribution in [0.3, 0.4) is 0 Å². The molecule has 1 heterocycles. The average Bonchev–Trinajstić information content (AvgIpc) is 2.91. The zero-order valence-electron chi connectivity index (χ0n) is 13.4. The quantitative estimate of drug-likeness (QED) is 0.661. The van der Waals surface area contributed by atoms with Crippen molar-refractivity contribution in [2.75, 3.05) is 11.9 Å². The average molecular weight is 387 g/mol. The van der Waals surface area contributed by atoms with Crippen LogP contribution in [-0.4, -0.2) is 18.5 Å². The van der Waals surface area contributed by atoms with Crippen molar-refractivity contribution < 1.29 is 9.21 Å². The Bertz CT molecular complexity index is 830. The Morgan fingerprint density at radius 3 is 2.62 bits per heavy atom. The van der Waals surface area contributed by atoms with Crippen molar-refractivity contribution in [3.8, 4) is 0 Å². The van der Waals surface area contributed by atoms with Gasteiger partial charge >= 0.3 is 0 Å². The summed E-state index contributed by atoms with van der Waals surface area (Å²) in [4.78, 5) is 12.3. The monoisotopic (exact) mass is 386 g/mol. The zero-order valence-corrected chi connectivity index (χ0v) is 15.0. The van der Waals surface area contributed by atoms with Crippen LogP contribution >= 0.6 is 15.9 Å². The molecule has 3 rings (SSSR count). The van der Waals surface area contributed by atoms with E-state index in [1.807, 2.05) is 49.4 Å². The molecule has 0 radical (unpaired) electrons. The smallest absolute Gasteiger partial charge is 0.242 e. The molecule has 2 N–H and O–H groups in total. The van der Waals surface area contributed by atoms with E-state index in [1.54, 1.807) is 0 Å². The van der Waals surface area contributed by atoms with Gasteiger partial charge in [0.05, 0.1) is 5.69 Å². The van der Waals surface area contributed by atoms with Gasteiger partial charge in [0.1, 0.15) is 11.6 Å². The third-order valence-electron chi connectivity index (χ3n) is 3.86. The molecule has 0 aliphatic rings. The highest BCUT2D eigenvalue weighted by molar-refractivity contribution is 9.10. The van der Waals surface area contributed by atoms with Crippen LogP contribution in [0, 0.1) is 0 Å². The summed E-state index contributed by atoms with van der Waals surface area (Å²) in [6.07, 6.45) is 0.817. The number of furan rings is 1. The Morgan fingerprint density at radius 1 is 1.12 bits per heavy atom. The summed E-state index contributed by atoms with van der Waals surface area (Å²) in [6, 6.07) is 17.5. The fourth-order valence-corrected chi connectivity index (χ4v) is 3.06. The minimum atomic E-state index is -0.363. The number of carbonyl (C=O) groups is 1. The van der Waals surface area contributed by atoms with Gasteiger partial charge in [-0.05, 0) is 47.0 Å². The van der Waals surface area contributed by atoms with Gasteiger partial charge in [0.25, 0.3) is 0 Å². The fourth-order valence-electron chi connectivity index (χ4n) is 2.56. The zero-order chi connectivity index (χ0) is 16.9. The number of amides is 1. The summed E-state index contributed by atoms with van der Waals surface area (Å²) in [5, 5.41) is 7.14. The van der Waals surface area contributed by atoms with Crippen molar-refractivity contribution in [2.45, 2.75) is 19.4 Å². The maximum absolute atomic E-state index is 12.3. The number of carbonyl (C=O) groups excluding carboxylic acids is 1. The van der Waals surface area contributed by atoms with Gasteiger partial charge in [-0.25, -0.2) is 0 Å². The molecule has 4 nitrogen and oxygen atoms in total. The highest BCUT2D eigenvalue weighted by Gasteiger charge is 2.18. The van der Waals surface area contributed by atoms with Gasteiger partial charge < -0.3 is 15.1 Å². The predicted molar refractivity (Wildman–Crippen MR) is 100 cm³/mol. The third-order valence-corrected chi connectivity index (χ3v) is 4.42. The molecule has 2 aromatic carbocycles. The Labute approximate surface area is 149 Å². The molecule has 24 heavy (non-hydrogen) atoms. The molecule has 5 heteroatoms. The maximum Gasteiger partial charge on any atom is 0.242 e. The van der Waals surface area contributed by atoms with Crippen LogP contribution in [-0.2, 0) is 11.2 Å². The summed E-state index contributed by atoms with van der Waals surface area (Å²) < 4.78 is 6.25. The molecule has 1 amide bonds. The number of hydrogen-bond donors (Lipinski definition) is 2. The highest BCUT2D eigenvalue weighted by atomic mass is 79.9. The summed E-state index contributed by atoms with van der Waals surface area (Å²) in [6.45, 7) is 2.45. The number of nitrogens with one attached hydrogen (secondary N) is 2. The first-order valence-electron chi connectivity index (χ1n) is 7.90. The van der Waals surface area contributed by atoms with E-state index in [1.165, 1.54) is 5.56 Å². The third kappa shape index (κ3) is 3.79. The predicted octanol–water partition coefficient (Wildman–Crippen LogP) is 4.35. The van der Waals surface area contributed by atoms with Crippen molar-refractivity contribution >= 4 is 38.5 Å². The van der Waals surface area contributed by atoms with Gasteiger partial charge in [-0.3, -0.25) is 4.79 Å². The topological polar surface area (TPSA) is 54.3 Å². The van der Waals surface area contributed by atoms with Crippen molar-refractivity contribution in [3.63, 3.8) is 0 Å².